The topological polar surface area (TPSA) is 78.9 Å². The predicted molar refractivity (Wildman–Crippen MR) is 88.4 cm³/mol. The molecule has 1 amide bonds. The second-order valence-corrected chi connectivity index (χ2v) is 5.68. The number of halogens is 1. The Morgan fingerprint density at radius 1 is 1.41 bits per heavy atom. The normalized spacial score (nSPS) is 21.3. The maximum atomic E-state index is 12.2. The Balaban J connectivity index is 0.00000176. The van der Waals surface area contributed by atoms with E-state index in [0.29, 0.717) is 5.92 Å². The van der Waals surface area contributed by atoms with Crippen LogP contribution < -0.4 is 16.3 Å². The molecule has 1 aromatic carbocycles. The molecule has 2 aromatic rings. The number of rotatable bonds is 3. The van der Waals surface area contributed by atoms with Gasteiger partial charge in [0.15, 0.2) is 0 Å². The summed E-state index contributed by atoms with van der Waals surface area (Å²) in [7, 11) is 0. The van der Waals surface area contributed by atoms with Gasteiger partial charge in [0.2, 0.25) is 5.91 Å². The van der Waals surface area contributed by atoms with Gasteiger partial charge in [-0.05, 0) is 31.0 Å². The highest BCUT2D eigenvalue weighted by atomic mass is 35.5. The molecular weight excluding hydrogens is 304 g/mol. The zero-order valence-corrected chi connectivity index (χ0v) is 13.3. The summed E-state index contributed by atoms with van der Waals surface area (Å²) in [4.78, 5) is 26.9. The second kappa shape index (κ2) is 6.98. The van der Waals surface area contributed by atoms with Crippen molar-refractivity contribution >= 4 is 29.3 Å². The largest absolute Gasteiger partial charge is 0.350 e. The fourth-order valence-corrected chi connectivity index (χ4v) is 2.84. The lowest BCUT2D eigenvalue weighted by Gasteiger charge is -2.30. The fourth-order valence-electron chi connectivity index (χ4n) is 2.84. The zero-order valence-electron chi connectivity index (χ0n) is 12.5. The van der Waals surface area contributed by atoms with Crippen LogP contribution in [0.2, 0.25) is 0 Å². The highest BCUT2D eigenvalue weighted by Crippen LogP contribution is 2.12. The number of piperidine rings is 1. The molecule has 2 unspecified atom stereocenters. The van der Waals surface area contributed by atoms with Gasteiger partial charge in [0.1, 0.15) is 6.54 Å². The van der Waals surface area contributed by atoms with Crippen molar-refractivity contribution in [1.82, 2.24) is 20.2 Å². The van der Waals surface area contributed by atoms with E-state index in [1.54, 1.807) is 0 Å². The van der Waals surface area contributed by atoms with Crippen LogP contribution in [0.4, 0.5) is 0 Å². The molecule has 1 aromatic heterocycles. The van der Waals surface area contributed by atoms with Gasteiger partial charge in [-0.2, -0.15) is 0 Å². The lowest BCUT2D eigenvalue weighted by Crippen LogP contribution is -2.51. The van der Waals surface area contributed by atoms with Crippen molar-refractivity contribution in [3.63, 3.8) is 0 Å². The number of nitrogens with zero attached hydrogens (tertiary/aromatic N) is 1. The smallest absolute Gasteiger partial charge is 0.326 e. The van der Waals surface area contributed by atoms with E-state index in [1.165, 1.54) is 4.57 Å². The number of aromatic amines is 1. The second-order valence-electron chi connectivity index (χ2n) is 5.68. The number of hydrogen-bond acceptors (Lipinski definition) is 3. The molecule has 1 fully saturated rings. The highest BCUT2D eigenvalue weighted by molar-refractivity contribution is 5.85. The molecule has 7 heteroatoms. The number of carbonyl (C=O) groups excluding carboxylic acids is 1. The first-order valence-corrected chi connectivity index (χ1v) is 7.33. The number of nitrogens with one attached hydrogen (secondary N) is 3. The van der Waals surface area contributed by atoms with Gasteiger partial charge >= 0.3 is 5.69 Å². The van der Waals surface area contributed by atoms with Gasteiger partial charge in [-0.25, -0.2) is 4.79 Å². The summed E-state index contributed by atoms with van der Waals surface area (Å²) in [5.74, 6) is 0.331. The lowest BCUT2D eigenvalue weighted by molar-refractivity contribution is -0.122. The Labute approximate surface area is 134 Å². The van der Waals surface area contributed by atoms with Gasteiger partial charge in [-0.3, -0.25) is 9.36 Å². The molecule has 120 valence electrons. The molecule has 1 aliphatic heterocycles. The number of H-pyrrole nitrogens is 1. The summed E-state index contributed by atoms with van der Waals surface area (Å²) in [6.07, 6.45) is 1.05. The molecule has 3 rings (SSSR count). The maximum absolute atomic E-state index is 12.2. The Kier molecular flexibility index (Phi) is 5.26. The first-order chi connectivity index (χ1) is 10.1. The SMILES string of the molecule is CC1CCNCC1NC(=O)Cn1c(=O)[nH]c2ccccc21.Cl. The Morgan fingerprint density at radius 3 is 2.95 bits per heavy atom. The van der Waals surface area contributed by atoms with Crippen LogP contribution in [-0.2, 0) is 11.3 Å². The average Bonchev–Trinajstić information content (AvgIpc) is 2.78. The Morgan fingerprint density at radius 2 is 2.18 bits per heavy atom. The number of imidazole rings is 1. The van der Waals surface area contributed by atoms with Crippen LogP contribution in [0.5, 0.6) is 0 Å². The molecule has 2 atom stereocenters. The van der Waals surface area contributed by atoms with Crippen LogP contribution in [0.15, 0.2) is 29.1 Å². The molecule has 3 N–H and O–H groups in total. The average molecular weight is 325 g/mol. The summed E-state index contributed by atoms with van der Waals surface area (Å²) in [6.45, 7) is 3.97. The van der Waals surface area contributed by atoms with Crippen LogP contribution >= 0.6 is 12.4 Å². The molecule has 1 saturated heterocycles. The van der Waals surface area contributed by atoms with Gasteiger partial charge in [-0.15, -0.1) is 12.4 Å². The van der Waals surface area contributed by atoms with Crippen molar-refractivity contribution in [2.24, 2.45) is 5.92 Å². The van der Waals surface area contributed by atoms with Gasteiger partial charge in [0.25, 0.3) is 0 Å². The number of carbonyl (C=O) groups is 1. The lowest BCUT2D eigenvalue weighted by atomic mass is 9.95. The number of hydrogen-bond donors (Lipinski definition) is 3. The van der Waals surface area contributed by atoms with Gasteiger partial charge in [-0.1, -0.05) is 19.1 Å². The first-order valence-electron chi connectivity index (χ1n) is 7.33. The van der Waals surface area contributed by atoms with E-state index in [2.05, 4.69) is 22.5 Å². The van der Waals surface area contributed by atoms with Crippen molar-refractivity contribution in [2.75, 3.05) is 13.1 Å². The predicted octanol–water partition coefficient (Wildman–Crippen LogP) is 0.866. The minimum Gasteiger partial charge on any atom is -0.350 e. The van der Waals surface area contributed by atoms with E-state index >= 15 is 0 Å². The third kappa shape index (κ3) is 3.34. The molecule has 0 aliphatic carbocycles. The summed E-state index contributed by atoms with van der Waals surface area (Å²) in [6, 6.07) is 7.52. The van der Waals surface area contributed by atoms with Crippen LogP contribution in [0.1, 0.15) is 13.3 Å². The third-order valence-electron chi connectivity index (χ3n) is 4.16. The van der Waals surface area contributed by atoms with Gasteiger partial charge < -0.3 is 15.6 Å². The van der Waals surface area contributed by atoms with E-state index in [1.807, 2.05) is 24.3 Å². The van der Waals surface area contributed by atoms with Crippen molar-refractivity contribution < 1.29 is 4.79 Å². The number of benzene rings is 1. The van der Waals surface area contributed by atoms with Gasteiger partial charge in [0, 0.05) is 12.6 Å². The van der Waals surface area contributed by atoms with Crippen molar-refractivity contribution in [2.45, 2.75) is 25.9 Å². The zero-order chi connectivity index (χ0) is 14.8. The summed E-state index contributed by atoms with van der Waals surface area (Å²) in [5.41, 5.74) is 1.26. The van der Waals surface area contributed by atoms with E-state index < -0.39 is 0 Å². The monoisotopic (exact) mass is 324 g/mol. The molecular formula is C15H21ClN4O2. The molecule has 0 saturated carbocycles. The summed E-state index contributed by atoms with van der Waals surface area (Å²) in [5, 5.41) is 6.30. The quantitative estimate of drug-likeness (QED) is 0.783. The summed E-state index contributed by atoms with van der Waals surface area (Å²) < 4.78 is 1.48. The number of para-hydroxylation sites is 2. The number of amides is 1. The van der Waals surface area contributed by atoms with E-state index in [4.69, 9.17) is 0 Å². The molecule has 0 radical (unpaired) electrons. The molecule has 0 spiro atoms. The number of fused-ring (bicyclic) bond motifs is 1. The standard InChI is InChI=1S/C15H20N4O2.ClH/c1-10-6-7-16-8-12(10)17-14(20)9-19-13-5-3-2-4-11(13)18-15(19)21;/h2-5,10,12,16H,6-9H2,1H3,(H,17,20)(H,18,21);1H. The summed E-state index contributed by atoms with van der Waals surface area (Å²) >= 11 is 0. The van der Waals surface area contributed by atoms with E-state index in [0.717, 1.165) is 30.5 Å². The molecule has 0 bridgehead atoms. The minimum absolute atomic E-state index is 0. The molecule has 2 heterocycles. The van der Waals surface area contributed by atoms with Crippen LogP contribution in [-0.4, -0.2) is 34.6 Å². The minimum atomic E-state index is -0.249. The molecule has 22 heavy (non-hydrogen) atoms. The van der Waals surface area contributed by atoms with Gasteiger partial charge in [0.05, 0.1) is 11.0 Å². The Bertz CT molecular complexity index is 709. The third-order valence-corrected chi connectivity index (χ3v) is 4.16. The van der Waals surface area contributed by atoms with E-state index in [9.17, 15) is 9.59 Å². The highest BCUT2D eigenvalue weighted by Gasteiger charge is 2.23. The fraction of sp³-hybridized carbons (Fsp3) is 0.467. The number of aromatic nitrogens is 2. The first kappa shape index (κ1) is 16.6. The van der Waals surface area contributed by atoms with Crippen LogP contribution in [0.3, 0.4) is 0 Å². The van der Waals surface area contributed by atoms with Crippen LogP contribution in [0.25, 0.3) is 11.0 Å². The van der Waals surface area contributed by atoms with Crippen molar-refractivity contribution in [1.29, 1.82) is 0 Å². The molecule has 1 aliphatic rings. The van der Waals surface area contributed by atoms with E-state index in [-0.39, 0.29) is 36.6 Å². The van der Waals surface area contributed by atoms with Crippen molar-refractivity contribution in [3.8, 4) is 0 Å². The van der Waals surface area contributed by atoms with Crippen molar-refractivity contribution in [3.05, 3.63) is 34.7 Å². The maximum Gasteiger partial charge on any atom is 0.326 e. The van der Waals surface area contributed by atoms with Crippen LogP contribution in [0, 0.1) is 5.92 Å². The Hall–Kier alpha value is -1.79. The molecule has 6 nitrogen and oxygen atoms in total.